The third-order valence-electron chi connectivity index (χ3n) is 3.84. The summed E-state index contributed by atoms with van der Waals surface area (Å²) in [5, 5.41) is 0. The summed E-state index contributed by atoms with van der Waals surface area (Å²) in [5.74, 6) is 0. The molecule has 0 radical (unpaired) electrons. The number of hydrogen-bond acceptors (Lipinski definition) is 0. The summed E-state index contributed by atoms with van der Waals surface area (Å²) in [6, 6.07) is 4.82. The number of hydrogen-bond donors (Lipinski definition) is 0. The first-order valence-electron chi connectivity index (χ1n) is 6.08. The van der Waals surface area contributed by atoms with Gasteiger partial charge < -0.3 is 0 Å². The first kappa shape index (κ1) is 10.6. The lowest BCUT2D eigenvalue weighted by molar-refractivity contribution is 0.911. The van der Waals surface area contributed by atoms with Crippen molar-refractivity contribution < 1.29 is 0 Å². The molecule has 16 heavy (non-hydrogen) atoms. The Bertz CT molecular complexity index is 468. The van der Waals surface area contributed by atoms with E-state index in [1.165, 1.54) is 30.4 Å². The lowest BCUT2D eigenvalue weighted by Crippen LogP contribution is -2.26. The molecule has 3 rings (SSSR count). The number of benzene rings is 1. The number of aryl methyl sites for hydroxylation is 2. The monoisotopic (exact) mass is 248 g/mol. The van der Waals surface area contributed by atoms with E-state index in [1.54, 1.807) is 11.1 Å². The molecule has 0 bridgehead atoms. The molecule has 0 amide bonds. The predicted octanol–water partition coefficient (Wildman–Crippen LogP) is 4.27. The van der Waals surface area contributed by atoms with Crippen LogP contribution in [-0.4, -0.2) is 7.38 Å². The van der Waals surface area contributed by atoms with E-state index in [1.807, 2.05) is 0 Å². The molecule has 0 fully saturated rings. The Balaban J connectivity index is 2.10. The molecule has 0 saturated heterocycles. The highest BCUT2D eigenvalue weighted by atomic mass is 35.6. The summed E-state index contributed by atoms with van der Waals surface area (Å²) in [7, 11) is -1.62. The molecule has 84 valence electrons. The van der Waals surface area contributed by atoms with Gasteiger partial charge in [-0.2, -0.15) is 11.1 Å². The first-order valence-corrected chi connectivity index (χ1v) is 10.2. The zero-order valence-electron chi connectivity index (χ0n) is 9.89. The lowest BCUT2D eigenvalue weighted by atomic mass is 10.0. The van der Waals surface area contributed by atoms with Gasteiger partial charge >= 0.3 is 0 Å². The van der Waals surface area contributed by atoms with Crippen LogP contribution in [0.15, 0.2) is 18.2 Å². The van der Waals surface area contributed by atoms with E-state index in [2.05, 4.69) is 37.4 Å². The standard InChI is InChI=1S/C14H17ClSi/c1-16(2,15)14-7-6-12-8-10-4-3-5-11(10)9-13(12)14/h6-9,14H,3-5H2,1-2H3. The van der Waals surface area contributed by atoms with Crippen LogP contribution in [0.2, 0.25) is 13.1 Å². The number of allylic oxidation sites excluding steroid dienone is 1. The van der Waals surface area contributed by atoms with Crippen molar-refractivity contribution in [3.05, 3.63) is 40.5 Å². The molecule has 0 nitrogen and oxygen atoms in total. The first-order chi connectivity index (χ1) is 7.55. The maximum Gasteiger partial charge on any atom is 0.161 e. The SMILES string of the molecule is C[Si](C)(Cl)C1C=Cc2cc3c(cc21)CCC3. The lowest BCUT2D eigenvalue weighted by Gasteiger charge is -2.22. The Morgan fingerprint density at radius 3 is 2.56 bits per heavy atom. The molecular weight excluding hydrogens is 232 g/mol. The van der Waals surface area contributed by atoms with Crippen molar-refractivity contribution >= 4 is 24.5 Å². The van der Waals surface area contributed by atoms with Crippen molar-refractivity contribution in [1.82, 2.24) is 0 Å². The third-order valence-corrected chi connectivity index (χ3v) is 6.53. The molecule has 0 N–H and O–H groups in total. The maximum atomic E-state index is 6.61. The van der Waals surface area contributed by atoms with Gasteiger partial charge in [-0.1, -0.05) is 37.4 Å². The van der Waals surface area contributed by atoms with Crippen LogP contribution in [0.5, 0.6) is 0 Å². The molecule has 1 aromatic rings. The van der Waals surface area contributed by atoms with Gasteiger partial charge in [0.05, 0.1) is 0 Å². The summed E-state index contributed by atoms with van der Waals surface area (Å²) in [5.41, 5.74) is 6.56. The number of fused-ring (bicyclic) bond motifs is 2. The Kier molecular flexibility index (Phi) is 2.31. The molecule has 1 aromatic carbocycles. The van der Waals surface area contributed by atoms with E-state index < -0.39 is 7.38 Å². The summed E-state index contributed by atoms with van der Waals surface area (Å²) in [6.45, 7) is 4.48. The fourth-order valence-corrected chi connectivity index (χ4v) is 5.09. The van der Waals surface area contributed by atoms with E-state index in [0.29, 0.717) is 5.54 Å². The highest BCUT2D eigenvalue weighted by Crippen LogP contribution is 2.41. The van der Waals surface area contributed by atoms with E-state index in [-0.39, 0.29) is 0 Å². The van der Waals surface area contributed by atoms with E-state index >= 15 is 0 Å². The second-order valence-corrected chi connectivity index (χ2v) is 12.2. The topological polar surface area (TPSA) is 0 Å². The van der Waals surface area contributed by atoms with Gasteiger partial charge in [-0.25, -0.2) is 0 Å². The minimum Gasteiger partial charge on any atom is -0.167 e. The smallest absolute Gasteiger partial charge is 0.161 e. The average Bonchev–Trinajstić information content (AvgIpc) is 2.76. The average molecular weight is 249 g/mol. The Morgan fingerprint density at radius 2 is 1.88 bits per heavy atom. The van der Waals surface area contributed by atoms with E-state index in [0.717, 1.165) is 0 Å². The molecule has 1 unspecified atom stereocenters. The van der Waals surface area contributed by atoms with Crippen LogP contribution < -0.4 is 0 Å². The molecule has 1 atom stereocenters. The summed E-state index contributed by atoms with van der Waals surface area (Å²) < 4.78 is 0. The quantitative estimate of drug-likeness (QED) is 0.514. The van der Waals surface area contributed by atoms with Crippen molar-refractivity contribution in [2.24, 2.45) is 0 Å². The van der Waals surface area contributed by atoms with Crippen LogP contribution >= 0.6 is 11.1 Å². The normalized spacial score (nSPS) is 22.3. The highest BCUT2D eigenvalue weighted by Gasteiger charge is 2.34. The van der Waals surface area contributed by atoms with Crippen LogP contribution in [-0.2, 0) is 12.8 Å². The van der Waals surface area contributed by atoms with Crippen molar-refractivity contribution in [1.29, 1.82) is 0 Å². The largest absolute Gasteiger partial charge is 0.167 e. The molecule has 0 heterocycles. The fraction of sp³-hybridized carbons (Fsp3) is 0.429. The summed E-state index contributed by atoms with van der Waals surface area (Å²) in [6.07, 6.45) is 8.45. The second-order valence-electron chi connectivity index (χ2n) is 5.50. The highest BCUT2D eigenvalue weighted by molar-refractivity contribution is 7.20. The Morgan fingerprint density at radius 1 is 1.19 bits per heavy atom. The summed E-state index contributed by atoms with van der Waals surface area (Å²) >= 11 is 6.61. The van der Waals surface area contributed by atoms with Crippen LogP contribution in [0.4, 0.5) is 0 Å². The van der Waals surface area contributed by atoms with Gasteiger partial charge in [-0.3, -0.25) is 0 Å². The number of halogens is 1. The van der Waals surface area contributed by atoms with Crippen LogP contribution in [0.3, 0.4) is 0 Å². The van der Waals surface area contributed by atoms with Gasteiger partial charge in [0.2, 0.25) is 0 Å². The van der Waals surface area contributed by atoms with Gasteiger partial charge in [0.15, 0.2) is 7.38 Å². The molecule has 0 spiro atoms. The van der Waals surface area contributed by atoms with Crippen molar-refractivity contribution in [3.8, 4) is 0 Å². The Labute approximate surface area is 103 Å². The molecule has 0 aromatic heterocycles. The van der Waals surface area contributed by atoms with E-state index in [9.17, 15) is 0 Å². The number of rotatable bonds is 1. The maximum absolute atomic E-state index is 6.61. The predicted molar refractivity (Wildman–Crippen MR) is 73.6 cm³/mol. The molecule has 2 aliphatic carbocycles. The minimum atomic E-state index is -1.62. The molecule has 2 aliphatic rings. The van der Waals surface area contributed by atoms with Gasteiger partial charge in [0.1, 0.15) is 0 Å². The van der Waals surface area contributed by atoms with Gasteiger partial charge in [0, 0.05) is 5.54 Å². The second kappa shape index (κ2) is 3.48. The zero-order valence-corrected chi connectivity index (χ0v) is 11.6. The Hall–Kier alpha value is -0.533. The van der Waals surface area contributed by atoms with Crippen molar-refractivity contribution in [2.75, 3.05) is 0 Å². The molecule has 2 heteroatoms. The molecular formula is C14H17ClSi. The van der Waals surface area contributed by atoms with Gasteiger partial charge in [-0.05, 0) is 41.5 Å². The molecule has 0 saturated carbocycles. The van der Waals surface area contributed by atoms with Crippen LogP contribution in [0.25, 0.3) is 6.08 Å². The summed E-state index contributed by atoms with van der Waals surface area (Å²) in [4.78, 5) is 0. The van der Waals surface area contributed by atoms with Gasteiger partial charge in [0.25, 0.3) is 0 Å². The van der Waals surface area contributed by atoms with Crippen LogP contribution in [0.1, 0.15) is 34.2 Å². The van der Waals surface area contributed by atoms with Crippen molar-refractivity contribution in [3.63, 3.8) is 0 Å². The minimum absolute atomic E-state index is 0.509. The van der Waals surface area contributed by atoms with Gasteiger partial charge in [-0.15, -0.1) is 0 Å². The fourth-order valence-electron chi connectivity index (χ4n) is 2.98. The van der Waals surface area contributed by atoms with Crippen molar-refractivity contribution in [2.45, 2.75) is 37.9 Å². The van der Waals surface area contributed by atoms with E-state index in [4.69, 9.17) is 11.1 Å². The zero-order chi connectivity index (χ0) is 11.3. The molecule has 0 aliphatic heterocycles. The van der Waals surface area contributed by atoms with Crippen LogP contribution in [0, 0.1) is 0 Å². The third kappa shape index (κ3) is 1.57.